The fraction of sp³-hybridized carbons (Fsp3) is 0.750. The van der Waals surface area contributed by atoms with Gasteiger partial charge in [-0.15, -0.1) is 0 Å². The zero-order valence-corrected chi connectivity index (χ0v) is 8.96. The zero-order valence-electron chi connectivity index (χ0n) is 8.96. The van der Waals surface area contributed by atoms with Crippen molar-refractivity contribution in [1.82, 2.24) is 4.90 Å². The third-order valence-electron chi connectivity index (χ3n) is 3.45. The fourth-order valence-corrected chi connectivity index (χ4v) is 2.58. The normalized spacial score (nSPS) is 22.9. The molecule has 0 amide bonds. The topological polar surface area (TPSA) is 20.3 Å². The van der Waals surface area contributed by atoms with Crippen LogP contribution in [0.5, 0.6) is 0 Å². The molecule has 0 radical (unpaired) electrons. The highest BCUT2D eigenvalue weighted by Gasteiger charge is 2.20. The van der Waals surface area contributed by atoms with Crippen molar-refractivity contribution in [2.75, 3.05) is 13.6 Å². The summed E-state index contributed by atoms with van der Waals surface area (Å²) in [4.78, 5) is 13.4. The molecule has 0 atom stereocenters. The smallest absolute Gasteiger partial charge is 0.157 e. The van der Waals surface area contributed by atoms with Crippen LogP contribution in [0.4, 0.5) is 0 Å². The van der Waals surface area contributed by atoms with Crippen molar-refractivity contribution in [3.05, 3.63) is 11.8 Å². The van der Waals surface area contributed by atoms with E-state index in [1.54, 1.807) is 0 Å². The number of allylic oxidation sites excluding steroid dienone is 2. The minimum absolute atomic E-state index is 0.304. The minimum Gasteiger partial charge on any atom is -0.377 e. The van der Waals surface area contributed by atoms with Crippen molar-refractivity contribution in [3.8, 4) is 0 Å². The highest BCUT2D eigenvalue weighted by Crippen LogP contribution is 2.27. The van der Waals surface area contributed by atoms with Crippen molar-refractivity contribution in [3.63, 3.8) is 0 Å². The lowest BCUT2D eigenvalue weighted by Gasteiger charge is -2.23. The van der Waals surface area contributed by atoms with Gasteiger partial charge in [0.1, 0.15) is 0 Å². The van der Waals surface area contributed by atoms with Gasteiger partial charge in [-0.2, -0.15) is 0 Å². The van der Waals surface area contributed by atoms with Gasteiger partial charge in [0.25, 0.3) is 0 Å². The van der Waals surface area contributed by atoms with E-state index < -0.39 is 0 Å². The lowest BCUT2D eigenvalue weighted by molar-refractivity contribution is -0.114. The molecule has 2 nitrogen and oxygen atoms in total. The third-order valence-corrected chi connectivity index (χ3v) is 3.45. The van der Waals surface area contributed by atoms with Crippen LogP contribution in [-0.4, -0.2) is 24.3 Å². The summed E-state index contributed by atoms with van der Waals surface area (Å²) in [5.41, 5.74) is 1.25. The van der Waals surface area contributed by atoms with Gasteiger partial charge in [-0.1, -0.05) is 12.8 Å². The quantitative estimate of drug-likeness (QED) is 0.685. The van der Waals surface area contributed by atoms with E-state index in [0.717, 1.165) is 25.3 Å². The Labute approximate surface area is 86.0 Å². The van der Waals surface area contributed by atoms with Crippen LogP contribution in [0.2, 0.25) is 0 Å². The van der Waals surface area contributed by atoms with Gasteiger partial charge in [-0.25, -0.2) is 0 Å². The van der Waals surface area contributed by atoms with E-state index in [9.17, 15) is 4.79 Å². The van der Waals surface area contributed by atoms with Gasteiger partial charge in [0, 0.05) is 31.8 Å². The molecular formula is C12H19NO. The van der Waals surface area contributed by atoms with E-state index in [1.807, 2.05) is 6.08 Å². The van der Waals surface area contributed by atoms with Crippen molar-refractivity contribution in [1.29, 1.82) is 0 Å². The van der Waals surface area contributed by atoms with Gasteiger partial charge in [-0.3, -0.25) is 4.79 Å². The number of carbonyl (C=O) groups excluding carboxylic acids is 1. The van der Waals surface area contributed by atoms with Gasteiger partial charge >= 0.3 is 0 Å². The highest BCUT2D eigenvalue weighted by atomic mass is 16.1. The van der Waals surface area contributed by atoms with Gasteiger partial charge < -0.3 is 4.90 Å². The highest BCUT2D eigenvalue weighted by molar-refractivity contribution is 5.92. The first kappa shape index (κ1) is 9.75. The van der Waals surface area contributed by atoms with E-state index >= 15 is 0 Å². The lowest BCUT2D eigenvalue weighted by atomic mass is 10.1. The molecule has 2 rings (SSSR count). The van der Waals surface area contributed by atoms with Crippen LogP contribution >= 0.6 is 0 Å². The van der Waals surface area contributed by atoms with E-state index in [2.05, 4.69) is 11.9 Å². The summed E-state index contributed by atoms with van der Waals surface area (Å²) >= 11 is 0. The fourth-order valence-electron chi connectivity index (χ4n) is 2.58. The molecule has 2 aliphatic rings. The summed E-state index contributed by atoms with van der Waals surface area (Å²) in [7, 11) is 2.13. The summed E-state index contributed by atoms with van der Waals surface area (Å²) < 4.78 is 0. The first-order valence-corrected chi connectivity index (χ1v) is 5.70. The Morgan fingerprint density at radius 3 is 2.64 bits per heavy atom. The van der Waals surface area contributed by atoms with E-state index in [4.69, 9.17) is 0 Å². The number of ketones is 1. The zero-order chi connectivity index (χ0) is 9.97. The molecule has 0 spiro atoms. The van der Waals surface area contributed by atoms with Crippen molar-refractivity contribution < 1.29 is 4.79 Å². The molecule has 0 N–H and O–H groups in total. The Morgan fingerprint density at radius 2 is 2.07 bits per heavy atom. The van der Waals surface area contributed by atoms with Gasteiger partial charge in [-0.05, 0) is 25.2 Å². The average Bonchev–Trinajstić information content (AvgIpc) is 2.75. The van der Waals surface area contributed by atoms with Crippen LogP contribution in [0, 0.1) is 5.92 Å². The monoisotopic (exact) mass is 193 g/mol. The van der Waals surface area contributed by atoms with Crippen LogP contribution in [-0.2, 0) is 4.79 Å². The second-order valence-electron chi connectivity index (χ2n) is 4.63. The number of hydrogen-bond acceptors (Lipinski definition) is 2. The number of carbonyl (C=O) groups is 1. The number of nitrogens with zero attached hydrogens (tertiary/aromatic N) is 1. The maximum atomic E-state index is 11.1. The van der Waals surface area contributed by atoms with E-state index in [1.165, 1.54) is 31.4 Å². The number of hydrogen-bond donors (Lipinski definition) is 0. The second-order valence-corrected chi connectivity index (χ2v) is 4.63. The molecule has 0 aromatic rings. The maximum Gasteiger partial charge on any atom is 0.157 e. The van der Waals surface area contributed by atoms with E-state index in [0.29, 0.717) is 5.78 Å². The molecule has 2 heteroatoms. The van der Waals surface area contributed by atoms with Crippen LogP contribution in [0.15, 0.2) is 11.8 Å². The Kier molecular flexibility index (Phi) is 2.90. The molecule has 1 fully saturated rings. The van der Waals surface area contributed by atoms with Crippen LogP contribution in [0.25, 0.3) is 0 Å². The molecule has 0 saturated heterocycles. The van der Waals surface area contributed by atoms with Crippen LogP contribution < -0.4 is 0 Å². The van der Waals surface area contributed by atoms with Gasteiger partial charge in [0.2, 0.25) is 0 Å². The maximum absolute atomic E-state index is 11.1. The molecule has 14 heavy (non-hydrogen) atoms. The second kappa shape index (κ2) is 4.16. The SMILES string of the molecule is CN(CC1CCCC1)C1=CC(=O)CC1. The number of rotatable bonds is 3. The molecule has 0 unspecified atom stereocenters. The van der Waals surface area contributed by atoms with E-state index in [-0.39, 0.29) is 0 Å². The molecule has 0 heterocycles. The van der Waals surface area contributed by atoms with Crippen molar-refractivity contribution in [2.24, 2.45) is 5.92 Å². The van der Waals surface area contributed by atoms with Crippen molar-refractivity contribution >= 4 is 5.78 Å². The largest absolute Gasteiger partial charge is 0.377 e. The molecule has 0 aromatic carbocycles. The Bertz CT molecular complexity index is 251. The predicted octanol–water partition coefficient (Wildman–Crippen LogP) is 2.36. The van der Waals surface area contributed by atoms with Gasteiger partial charge in [0.15, 0.2) is 5.78 Å². The molecule has 2 aliphatic carbocycles. The summed E-state index contributed by atoms with van der Waals surface area (Å²) in [5, 5.41) is 0. The average molecular weight is 193 g/mol. The summed E-state index contributed by atoms with van der Waals surface area (Å²) in [6, 6.07) is 0. The lowest BCUT2D eigenvalue weighted by Crippen LogP contribution is -2.23. The molecule has 0 aliphatic heterocycles. The Morgan fingerprint density at radius 1 is 1.36 bits per heavy atom. The molecule has 0 bridgehead atoms. The summed E-state index contributed by atoms with van der Waals surface area (Å²) in [6.07, 6.45) is 9.07. The van der Waals surface area contributed by atoms with Gasteiger partial charge in [0.05, 0.1) is 0 Å². The minimum atomic E-state index is 0.304. The molecule has 0 aromatic heterocycles. The summed E-state index contributed by atoms with van der Waals surface area (Å²) in [5.74, 6) is 1.18. The van der Waals surface area contributed by atoms with Crippen LogP contribution in [0.3, 0.4) is 0 Å². The van der Waals surface area contributed by atoms with Crippen LogP contribution in [0.1, 0.15) is 38.5 Å². The molecule has 78 valence electrons. The first-order valence-electron chi connectivity index (χ1n) is 5.70. The Balaban J connectivity index is 1.85. The first-order chi connectivity index (χ1) is 6.75. The third kappa shape index (κ3) is 2.17. The van der Waals surface area contributed by atoms with Crippen molar-refractivity contribution in [2.45, 2.75) is 38.5 Å². The predicted molar refractivity (Wildman–Crippen MR) is 56.9 cm³/mol. The molecular weight excluding hydrogens is 174 g/mol. The standard InChI is InChI=1S/C12H19NO/c1-13(9-10-4-2-3-5-10)11-6-7-12(14)8-11/h8,10H,2-7,9H2,1H3. The molecule has 1 saturated carbocycles. The Hall–Kier alpha value is -0.790. The summed E-state index contributed by atoms with van der Waals surface area (Å²) in [6.45, 7) is 1.15.